The van der Waals surface area contributed by atoms with Crippen molar-refractivity contribution in [2.75, 3.05) is 6.54 Å². The van der Waals surface area contributed by atoms with Crippen LogP contribution in [0, 0.1) is 5.92 Å². The summed E-state index contributed by atoms with van der Waals surface area (Å²) in [5.41, 5.74) is 1.86. The minimum absolute atomic E-state index is 0.123. The minimum Gasteiger partial charge on any atom is -0.354 e. The third-order valence-corrected chi connectivity index (χ3v) is 4.17. The molecule has 0 aromatic heterocycles. The summed E-state index contributed by atoms with van der Waals surface area (Å²) in [4.78, 5) is 24.8. The van der Waals surface area contributed by atoms with E-state index in [4.69, 9.17) is 11.6 Å². The Morgan fingerprint density at radius 2 is 1.65 bits per heavy atom. The topological polar surface area (TPSA) is 58.2 Å². The Labute approximate surface area is 159 Å². The molecule has 0 aliphatic rings. The fourth-order valence-corrected chi connectivity index (χ4v) is 2.75. The van der Waals surface area contributed by atoms with Crippen molar-refractivity contribution in [2.45, 2.75) is 32.7 Å². The lowest BCUT2D eigenvalue weighted by atomic mass is 10.0. The first kappa shape index (κ1) is 20.0. The predicted octanol–water partition coefficient (Wildman–Crippen LogP) is 3.90. The van der Waals surface area contributed by atoms with Crippen LogP contribution in [0.25, 0.3) is 0 Å². The lowest BCUT2D eigenvalue weighted by Crippen LogP contribution is -2.41. The van der Waals surface area contributed by atoms with E-state index in [9.17, 15) is 9.59 Å². The fraction of sp³-hybridized carbons (Fsp3) is 0.333. The second-order valence-corrected chi connectivity index (χ2v) is 7.11. The van der Waals surface area contributed by atoms with Crippen LogP contribution in [-0.4, -0.2) is 18.4 Å². The van der Waals surface area contributed by atoms with Gasteiger partial charge in [-0.1, -0.05) is 67.9 Å². The minimum atomic E-state index is -0.687. The molecule has 0 aliphatic carbocycles. The Bertz CT molecular complexity index is 715. The van der Waals surface area contributed by atoms with Gasteiger partial charge in [-0.25, -0.2) is 0 Å². The van der Waals surface area contributed by atoms with Gasteiger partial charge in [-0.05, 0) is 35.6 Å². The maximum absolute atomic E-state index is 12.7. The highest BCUT2D eigenvalue weighted by Crippen LogP contribution is 2.14. The molecule has 2 aromatic rings. The molecule has 4 nitrogen and oxygen atoms in total. The molecule has 0 bridgehead atoms. The van der Waals surface area contributed by atoms with E-state index in [1.807, 2.05) is 68.4 Å². The van der Waals surface area contributed by atoms with E-state index in [0.29, 0.717) is 24.4 Å². The van der Waals surface area contributed by atoms with Crippen LogP contribution in [0.1, 0.15) is 37.4 Å². The zero-order valence-corrected chi connectivity index (χ0v) is 15.9. The summed E-state index contributed by atoms with van der Waals surface area (Å²) in [5, 5.41) is 6.46. The molecule has 2 rings (SSSR count). The Hall–Kier alpha value is -2.33. The monoisotopic (exact) mass is 372 g/mol. The van der Waals surface area contributed by atoms with Gasteiger partial charge < -0.3 is 10.6 Å². The summed E-state index contributed by atoms with van der Waals surface area (Å²) < 4.78 is 0. The molecule has 2 amide bonds. The Kier molecular flexibility index (Phi) is 7.67. The first-order valence-corrected chi connectivity index (χ1v) is 9.20. The van der Waals surface area contributed by atoms with Gasteiger partial charge in [0.1, 0.15) is 6.04 Å². The van der Waals surface area contributed by atoms with E-state index in [-0.39, 0.29) is 17.7 Å². The van der Waals surface area contributed by atoms with E-state index in [2.05, 4.69) is 10.6 Å². The molecular weight excluding hydrogens is 348 g/mol. The van der Waals surface area contributed by atoms with Crippen molar-refractivity contribution in [1.82, 2.24) is 10.6 Å². The van der Waals surface area contributed by atoms with Gasteiger partial charge in [0.2, 0.25) is 11.8 Å². The summed E-state index contributed by atoms with van der Waals surface area (Å²) in [5.74, 6) is -0.0941. The normalized spacial score (nSPS) is 11.8. The summed E-state index contributed by atoms with van der Waals surface area (Å²) in [7, 11) is 0. The van der Waals surface area contributed by atoms with E-state index in [1.165, 1.54) is 0 Å². The van der Waals surface area contributed by atoms with Crippen LogP contribution >= 0.6 is 11.6 Å². The average Bonchev–Trinajstić information content (AvgIpc) is 2.61. The molecule has 0 saturated carbocycles. The van der Waals surface area contributed by atoms with Crippen molar-refractivity contribution in [2.24, 2.45) is 5.92 Å². The van der Waals surface area contributed by atoms with Crippen LogP contribution in [0.3, 0.4) is 0 Å². The van der Waals surface area contributed by atoms with Crippen molar-refractivity contribution < 1.29 is 9.59 Å². The summed E-state index contributed by atoms with van der Waals surface area (Å²) in [6.07, 6.45) is 1.09. The maximum atomic E-state index is 12.7. The summed E-state index contributed by atoms with van der Waals surface area (Å²) >= 11 is 5.88. The van der Waals surface area contributed by atoms with Gasteiger partial charge in [-0.3, -0.25) is 9.59 Å². The van der Waals surface area contributed by atoms with Crippen LogP contribution < -0.4 is 10.6 Å². The molecule has 2 N–H and O–H groups in total. The molecule has 0 radical (unpaired) electrons. The van der Waals surface area contributed by atoms with Crippen molar-refractivity contribution in [3.8, 4) is 0 Å². The number of carbonyl (C=O) groups is 2. The molecule has 1 atom stereocenters. The quantitative estimate of drug-likeness (QED) is 0.738. The van der Waals surface area contributed by atoms with Crippen LogP contribution in [0.4, 0.5) is 0 Å². The third kappa shape index (κ3) is 6.52. The third-order valence-electron chi connectivity index (χ3n) is 3.92. The lowest BCUT2D eigenvalue weighted by molar-refractivity contribution is -0.129. The molecule has 2 aromatic carbocycles. The number of hydrogen-bond donors (Lipinski definition) is 2. The molecule has 0 spiro atoms. The van der Waals surface area contributed by atoms with Crippen molar-refractivity contribution >= 4 is 23.4 Å². The standard InChI is InChI=1S/C21H25ClN2O2/c1-15(2)14-19(25)24-20(17-6-4-3-5-7-17)21(26)23-13-12-16-8-10-18(22)11-9-16/h3-11,15,20H,12-14H2,1-2H3,(H,23,26)(H,24,25). The number of benzene rings is 2. The number of carbonyl (C=O) groups excluding carboxylic acids is 2. The van der Waals surface area contributed by atoms with E-state index < -0.39 is 6.04 Å². The number of halogens is 1. The van der Waals surface area contributed by atoms with Gasteiger partial charge in [0.15, 0.2) is 0 Å². The van der Waals surface area contributed by atoms with Crippen molar-refractivity contribution in [3.63, 3.8) is 0 Å². The van der Waals surface area contributed by atoms with Crippen molar-refractivity contribution in [3.05, 3.63) is 70.7 Å². The Balaban J connectivity index is 1.98. The first-order chi connectivity index (χ1) is 12.5. The number of rotatable bonds is 8. The highest BCUT2D eigenvalue weighted by atomic mass is 35.5. The molecular formula is C21H25ClN2O2. The number of amides is 2. The highest BCUT2D eigenvalue weighted by molar-refractivity contribution is 6.30. The largest absolute Gasteiger partial charge is 0.354 e. The van der Waals surface area contributed by atoms with Crippen LogP contribution in [0.5, 0.6) is 0 Å². The van der Waals surface area contributed by atoms with Gasteiger partial charge in [0, 0.05) is 18.0 Å². The Morgan fingerprint density at radius 1 is 1.00 bits per heavy atom. The molecule has 138 valence electrons. The van der Waals surface area contributed by atoms with E-state index in [0.717, 1.165) is 11.1 Å². The van der Waals surface area contributed by atoms with Gasteiger partial charge in [0.05, 0.1) is 0 Å². The lowest BCUT2D eigenvalue weighted by Gasteiger charge is -2.19. The number of hydrogen-bond acceptors (Lipinski definition) is 2. The Morgan fingerprint density at radius 3 is 2.27 bits per heavy atom. The number of nitrogens with one attached hydrogen (secondary N) is 2. The van der Waals surface area contributed by atoms with Crippen LogP contribution in [0.2, 0.25) is 5.02 Å². The van der Waals surface area contributed by atoms with Gasteiger partial charge in [0.25, 0.3) is 0 Å². The van der Waals surface area contributed by atoms with Crippen LogP contribution in [-0.2, 0) is 16.0 Å². The highest BCUT2D eigenvalue weighted by Gasteiger charge is 2.22. The smallest absolute Gasteiger partial charge is 0.247 e. The average molecular weight is 373 g/mol. The maximum Gasteiger partial charge on any atom is 0.247 e. The summed E-state index contributed by atoms with van der Waals surface area (Å²) in [6, 6.07) is 16.1. The molecule has 0 heterocycles. The van der Waals surface area contributed by atoms with Gasteiger partial charge in [-0.2, -0.15) is 0 Å². The van der Waals surface area contributed by atoms with E-state index >= 15 is 0 Å². The fourth-order valence-electron chi connectivity index (χ4n) is 2.62. The molecule has 5 heteroatoms. The zero-order chi connectivity index (χ0) is 18.9. The van der Waals surface area contributed by atoms with Crippen LogP contribution in [0.15, 0.2) is 54.6 Å². The predicted molar refractivity (Wildman–Crippen MR) is 105 cm³/mol. The van der Waals surface area contributed by atoms with Crippen molar-refractivity contribution in [1.29, 1.82) is 0 Å². The molecule has 0 saturated heterocycles. The molecule has 0 aliphatic heterocycles. The second kappa shape index (κ2) is 9.97. The van der Waals surface area contributed by atoms with Gasteiger partial charge in [-0.15, -0.1) is 0 Å². The summed E-state index contributed by atoms with van der Waals surface area (Å²) in [6.45, 7) is 4.44. The first-order valence-electron chi connectivity index (χ1n) is 8.82. The molecule has 0 fully saturated rings. The van der Waals surface area contributed by atoms with E-state index in [1.54, 1.807) is 0 Å². The second-order valence-electron chi connectivity index (χ2n) is 6.68. The van der Waals surface area contributed by atoms with Gasteiger partial charge >= 0.3 is 0 Å². The molecule has 1 unspecified atom stereocenters. The SMILES string of the molecule is CC(C)CC(=O)NC(C(=O)NCCc1ccc(Cl)cc1)c1ccccc1. The zero-order valence-electron chi connectivity index (χ0n) is 15.2. The molecule has 26 heavy (non-hydrogen) atoms.